The Morgan fingerprint density at radius 2 is 1.84 bits per heavy atom. The molecule has 0 atom stereocenters. The van der Waals surface area contributed by atoms with Gasteiger partial charge >= 0.3 is 0 Å². The SMILES string of the molecule is CC(=O)Nc1ccc(C)c(C(=O)NCc2cnc3ccccc3n2)c1. The van der Waals surface area contributed by atoms with Crippen LogP contribution in [-0.2, 0) is 11.3 Å². The van der Waals surface area contributed by atoms with Crippen LogP contribution in [0.25, 0.3) is 11.0 Å². The first-order chi connectivity index (χ1) is 12.0. The van der Waals surface area contributed by atoms with Crippen molar-refractivity contribution in [2.45, 2.75) is 20.4 Å². The lowest BCUT2D eigenvalue weighted by Gasteiger charge is -2.10. The summed E-state index contributed by atoms with van der Waals surface area (Å²) in [7, 11) is 0. The maximum Gasteiger partial charge on any atom is 0.251 e. The van der Waals surface area contributed by atoms with Crippen molar-refractivity contribution < 1.29 is 9.59 Å². The van der Waals surface area contributed by atoms with Gasteiger partial charge in [-0.3, -0.25) is 14.6 Å². The molecule has 3 aromatic rings. The summed E-state index contributed by atoms with van der Waals surface area (Å²) in [5.74, 6) is -0.402. The van der Waals surface area contributed by atoms with Crippen molar-refractivity contribution in [2.75, 3.05) is 5.32 Å². The first-order valence-corrected chi connectivity index (χ1v) is 7.90. The van der Waals surface area contributed by atoms with E-state index in [2.05, 4.69) is 20.6 Å². The third-order valence-electron chi connectivity index (χ3n) is 3.73. The predicted octanol–water partition coefficient (Wildman–Crippen LogP) is 2.83. The molecule has 0 saturated carbocycles. The van der Waals surface area contributed by atoms with Crippen molar-refractivity contribution in [3.8, 4) is 0 Å². The summed E-state index contributed by atoms with van der Waals surface area (Å²) in [4.78, 5) is 32.5. The first-order valence-electron chi connectivity index (χ1n) is 7.90. The predicted molar refractivity (Wildman–Crippen MR) is 96.2 cm³/mol. The van der Waals surface area contributed by atoms with E-state index in [1.807, 2.05) is 31.2 Å². The number of hydrogen-bond donors (Lipinski definition) is 2. The molecule has 1 aromatic heterocycles. The van der Waals surface area contributed by atoms with Gasteiger partial charge in [0.15, 0.2) is 0 Å². The van der Waals surface area contributed by atoms with Gasteiger partial charge in [0.05, 0.1) is 29.5 Å². The number of carbonyl (C=O) groups is 2. The lowest BCUT2D eigenvalue weighted by atomic mass is 10.1. The molecule has 1 heterocycles. The minimum Gasteiger partial charge on any atom is -0.346 e. The van der Waals surface area contributed by atoms with E-state index in [0.717, 1.165) is 16.6 Å². The summed E-state index contributed by atoms with van der Waals surface area (Å²) in [6.07, 6.45) is 1.66. The molecule has 0 aliphatic carbocycles. The molecular formula is C19H18N4O2. The number of benzene rings is 2. The molecule has 0 bridgehead atoms. The Bertz CT molecular complexity index is 953. The van der Waals surface area contributed by atoms with Crippen molar-refractivity contribution in [1.29, 1.82) is 0 Å². The fourth-order valence-electron chi connectivity index (χ4n) is 2.49. The third-order valence-corrected chi connectivity index (χ3v) is 3.73. The number of nitrogens with zero attached hydrogens (tertiary/aromatic N) is 2. The van der Waals surface area contributed by atoms with Gasteiger partial charge in [-0.25, -0.2) is 4.98 Å². The maximum atomic E-state index is 12.5. The van der Waals surface area contributed by atoms with Crippen LogP contribution in [0.1, 0.15) is 28.5 Å². The number of amides is 2. The van der Waals surface area contributed by atoms with Crippen molar-refractivity contribution >= 4 is 28.5 Å². The minimum absolute atomic E-state index is 0.179. The molecule has 6 heteroatoms. The van der Waals surface area contributed by atoms with Crippen LogP contribution in [0.5, 0.6) is 0 Å². The number of carbonyl (C=O) groups excluding carboxylic acids is 2. The summed E-state index contributed by atoms with van der Waals surface area (Å²) in [5, 5.41) is 5.53. The molecule has 25 heavy (non-hydrogen) atoms. The Labute approximate surface area is 145 Å². The summed E-state index contributed by atoms with van der Waals surface area (Å²) >= 11 is 0. The van der Waals surface area contributed by atoms with E-state index >= 15 is 0 Å². The summed E-state index contributed by atoms with van der Waals surface area (Å²) in [5.41, 5.74) is 4.22. The topological polar surface area (TPSA) is 84.0 Å². The second-order valence-electron chi connectivity index (χ2n) is 5.74. The average molecular weight is 334 g/mol. The van der Waals surface area contributed by atoms with E-state index in [0.29, 0.717) is 16.9 Å². The van der Waals surface area contributed by atoms with Gasteiger partial charge in [-0.2, -0.15) is 0 Å². The number of aromatic nitrogens is 2. The van der Waals surface area contributed by atoms with Crippen molar-refractivity contribution in [2.24, 2.45) is 0 Å². The molecule has 2 amide bonds. The number of rotatable bonds is 4. The van der Waals surface area contributed by atoms with Gasteiger partial charge in [0.2, 0.25) is 5.91 Å². The maximum absolute atomic E-state index is 12.5. The molecule has 0 fully saturated rings. The zero-order valence-corrected chi connectivity index (χ0v) is 14.0. The molecule has 3 rings (SSSR count). The number of fused-ring (bicyclic) bond motifs is 1. The molecular weight excluding hydrogens is 316 g/mol. The lowest BCUT2D eigenvalue weighted by Crippen LogP contribution is -2.24. The highest BCUT2D eigenvalue weighted by Gasteiger charge is 2.11. The lowest BCUT2D eigenvalue weighted by molar-refractivity contribution is -0.114. The second-order valence-corrected chi connectivity index (χ2v) is 5.74. The van der Waals surface area contributed by atoms with E-state index < -0.39 is 0 Å². The van der Waals surface area contributed by atoms with E-state index in [9.17, 15) is 9.59 Å². The van der Waals surface area contributed by atoms with Crippen LogP contribution in [0, 0.1) is 6.92 Å². The number of hydrogen-bond acceptors (Lipinski definition) is 4. The van der Waals surface area contributed by atoms with Crippen molar-refractivity contribution in [1.82, 2.24) is 15.3 Å². The number of nitrogens with one attached hydrogen (secondary N) is 2. The molecule has 0 aliphatic rings. The van der Waals surface area contributed by atoms with Crippen molar-refractivity contribution in [3.63, 3.8) is 0 Å². The van der Waals surface area contributed by atoms with Crippen LogP contribution in [0.2, 0.25) is 0 Å². The average Bonchev–Trinajstić information content (AvgIpc) is 2.60. The fraction of sp³-hybridized carbons (Fsp3) is 0.158. The Balaban J connectivity index is 1.74. The van der Waals surface area contributed by atoms with Gasteiger partial charge in [-0.1, -0.05) is 18.2 Å². The smallest absolute Gasteiger partial charge is 0.251 e. The normalized spacial score (nSPS) is 10.5. The standard InChI is InChI=1S/C19H18N4O2/c1-12-7-8-14(22-13(2)24)9-16(12)19(25)21-11-15-10-20-17-5-3-4-6-18(17)23-15/h3-10H,11H2,1-2H3,(H,21,25)(H,22,24). The number of anilines is 1. The molecule has 0 spiro atoms. The van der Waals surface area contributed by atoms with E-state index in [4.69, 9.17) is 0 Å². The summed E-state index contributed by atoms with van der Waals surface area (Å²) in [6, 6.07) is 12.8. The first kappa shape index (κ1) is 16.6. The zero-order valence-electron chi connectivity index (χ0n) is 14.0. The molecule has 6 nitrogen and oxygen atoms in total. The second kappa shape index (κ2) is 7.09. The molecule has 126 valence electrons. The van der Waals surface area contributed by atoms with Gasteiger partial charge in [0, 0.05) is 18.2 Å². The third kappa shape index (κ3) is 3.98. The Morgan fingerprint density at radius 1 is 1.08 bits per heavy atom. The van der Waals surface area contributed by atoms with E-state index in [-0.39, 0.29) is 18.4 Å². The van der Waals surface area contributed by atoms with Gasteiger partial charge in [-0.05, 0) is 36.8 Å². The van der Waals surface area contributed by atoms with Crippen LogP contribution in [0.15, 0.2) is 48.7 Å². The largest absolute Gasteiger partial charge is 0.346 e. The van der Waals surface area contributed by atoms with Gasteiger partial charge < -0.3 is 10.6 Å². The van der Waals surface area contributed by atoms with Crippen molar-refractivity contribution in [3.05, 3.63) is 65.5 Å². The Hall–Kier alpha value is -3.28. The Morgan fingerprint density at radius 3 is 2.60 bits per heavy atom. The number of aryl methyl sites for hydroxylation is 1. The van der Waals surface area contributed by atoms with Crippen LogP contribution in [-0.4, -0.2) is 21.8 Å². The highest BCUT2D eigenvalue weighted by Crippen LogP contribution is 2.16. The minimum atomic E-state index is -0.223. The zero-order chi connectivity index (χ0) is 17.8. The molecule has 2 N–H and O–H groups in total. The van der Waals surface area contributed by atoms with Crippen LogP contribution in [0.4, 0.5) is 5.69 Å². The highest BCUT2D eigenvalue weighted by molar-refractivity contribution is 5.98. The van der Waals surface area contributed by atoms with E-state index in [1.54, 1.807) is 24.4 Å². The van der Waals surface area contributed by atoms with Gasteiger partial charge in [0.1, 0.15) is 0 Å². The van der Waals surface area contributed by atoms with Gasteiger partial charge in [0.25, 0.3) is 5.91 Å². The Kier molecular flexibility index (Phi) is 4.70. The highest BCUT2D eigenvalue weighted by atomic mass is 16.2. The number of para-hydroxylation sites is 2. The molecule has 0 unspecified atom stereocenters. The summed E-state index contributed by atoms with van der Waals surface area (Å²) < 4.78 is 0. The fourth-order valence-corrected chi connectivity index (χ4v) is 2.49. The molecule has 0 radical (unpaired) electrons. The van der Waals surface area contributed by atoms with Crippen LogP contribution in [0.3, 0.4) is 0 Å². The monoisotopic (exact) mass is 334 g/mol. The van der Waals surface area contributed by atoms with Crippen LogP contribution >= 0.6 is 0 Å². The molecule has 0 saturated heterocycles. The van der Waals surface area contributed by atoms with Crippen LogP contribution < -0.4 is 10.6 Å². The summed E-state index contributed by atoms with van der Waals surface area (Å²) in [6.45, 7) is 3.56. The quantitative estimate of drug-likeness (QED) is 0.768. The molecule has 2 aromatic carbocycles. The molecule has 0 aliphatic heterocycles. The van der Waals surface area contributed by atoms with E-state index in [1.165, 1.54) is 6.92 Å². The van der Waals surface area contributed by atoms with Gasteiger partial charge in [-0.15, -0.1) is 0 Å².